The van der Waals surface area contributed by atoms with Gasteiger partial charge >= 0.3 is 0 Å². The van der Waals surface area contributed by atoms with Crippen molar-refractivity contribution in [3.05, 3.63) is 48.5 Å². The van der Waals surface area contributed by atoms with E-state index in [0.29, 0.717) is 16.7 Å². The summed E-state index contributed by atoms with van der Waals surface area (Å²) in [5.74, 6) is -0.0550. The molecule has 2 aliphatic rings. The first kappa shape index (κ1) is 18.1. The predicted molar refractivity (Wildman–Crippen MR) is 100.0 cm³/mol. The van der Waals surface area contributed by atoms with E-state index in [1.165, 1.54) is 12.7 Å². The molecule has 0 unspecified atom stereocenters. The summed E-state index contributed by atoms with van der Waals surface area (Å²) in [6.07, 6.45) is -0.0131. The number of nitrogens with one attached hydrogen (secondary N) is 1. The number of imidazole rings is 1. The summed E-state index contributed by atoms with van der Waals surface area (Å²) < 4.78 is 13.4. The summed E-state index contributed by atoms with van der Waals surface area (Å²) in [7, 11) is 0. The number of benzene rings is 1. The zero-order valence-corrected chi connectivity index (χ0v) is 15.5. The van der Waals surface area contributed by atoms with Crippen LogP contribution in [0.15, 0.2) is 43.0 Å². The first-order valence-electron chi connectivity index (χ1n) is 9.21. The van der Waals surface area contributed by atoms with Gasteiger partial charge in [-0.2, -0.15) is 0 Å². The molecule has 2 saturated heterocycles. The molecule has 3 N–H and O–H groups in total. The SMILES string of the molecule is C[C@@H]1O[C@H]2[C@H](n3cnc4c(NC(=O)c5ccccc5)ncnc43)O[C@]1(CO)[C@H]2O. The smallest absolute Gasteiger partial charge is 0.256 e. The maximum absolute atomic E-state index is 12.5. The van der Waals surface area contributed by atoms with Crippen LogP contribution in [-0.4, -0.2) is 66.2 Å². The number of carbonyl (C=O) groups excluding carboxylic acids is 1. The maximum atomic E-state index is 12.5. The molecule has 1 amide bonds. The van der Waals surface area contributed by atoms with Gasteiger partial charge in [0.1, 0.15) is 24.1 Å². The molecule has 3 aromatic rings. The van der Waals surface area contributed by atoms with Crippen molar-refractivity contribution in [1.82, 2.24) is 19.5 Å². The Morgan fingerprint density at radius 2 is 2.07 bits per heavy atom. The third-order valence-electron chi connectivity index (χ3n) is 5.63. The van der Waals surface area contributed by atoms with Crippen LogP contribution in [0.5, 0.6) is 0 Å². The summed E-state index contributed by atoms with van der Waals surface area (Å²) in [6, 6.07) is 8.77. The molecule has 0 saturated carbocycles. The number of hydrogen-bond donors (Lipinski definition) is 3. The Morgan fingerprint density at radius 1 is 1.28 bits per heavy atom. The lowest BCUT2D eigenvalue weighted by Crippen LogP contribution is -2.49. The standard InChI is InChI=1S/C19H19N5O5/c1-10-19(7-25)14(26)13(28-10)18(29-19)24-9-22-12-15(20-8-21-16(12)24)23-17(27)11-5-3-2-4-6-11/h2-6,8-10,13-14,18,25-26H,7H2,1H3,(H,20,21,23,27)/t10-,13+,14-,18+,19-/m0/s1. The van der Waals surface area contributed by atoms with Crippen molar-refractivity contribution >= 4 is 22.9 Å². The highest BCUT2D eigenvalue weighted by atomic mass is 16.7. The summed E-state index contributed by atoms with van der Waals surface area (Å²) in [4.78, 5) is 25.2. The molecule has 5 rings (SSSR count). The number of ether oxygens (including phenoxy) is 2. The van der Waals surface area contributed by atoms with Crippen molar-refractivity contribution < 1.29 is 24.5 Å². The number of aromatic nitrogens is 4. The lowest BCUT2D eigenvalue weighted by atomic mass is 9.95. The Bertz CT molecular complexity index is 1070. The van der Waals surface area contributed by atoms with Gasteiger partial charge < -0.3 is 25.0 Å². The molecule has 2 aliphatic heterocycles. The van der Waals surface area contributed by atoms with Gasteiger partial charge in [-0.15, -0.1) is 0 Å². The second-order valence-electron chi connectivity index (χ2n) is 7.18. The van der Waals surface area contributed by atoms with E-state index in [1.54, 1.807) is 35.8 Å². The zero-order valence-electron chi connectivity index (χ0n) is 15.5. The van der Waals surface area contributed by atoms with Crippen molar-refractivity contribution in [1.29, 1.82) is 0 Å². The Hall–Kier alpha value is -2.92. The van der Waals surface area contributed by atoms with Crippen molar-refractivity contribution in [3.63, 3.8) is 0 Å². The van der Waals surface area contributed by atoms with Crippen LogP contribution in [-0.2, 0) is 9.47 Å². The highest BCUT2D eigenvalue weighted by molar-refractivity contribution is 6.06. The minimum absolute atomic E-state index is 0.262. The van der Waals surface area contributed by atoms with Crippen molar-refractivity contribution in [2.24, 2.45) is 0 Å². The summed E-state index contributed by atoms with van der Waals surface area (Å²) in [5, 5.41) is 23.1. The van der Waals surface area contributed by atoms with Gasteiger partial charge in [-0.3, -0.25) is 9.36 Å². The van der Waals surface area contributed by atoms with Crippen molar-refractivity contribution in [3.8, 4) is 0 Å². The van der Waals surface area contributed by atoms with E-state index in [4.69, 9.17) is 9.47 Å². The molecule has 10 nitrogen and oxygen atoms in total. The number of aliphatic hydroxyl groups is 2. The molecule has 0 aliphatic carbocycles. The molecule has 1 aromatic carbocycles. The molecule has 0 radical (unpaired) electrons. The normalized spacial score (nSPS) is 30.7. The van der Waals surface area contributed by atoms with Crippen LogP contribution >= 0.6 is 0 Å². The largest absolute Gasteiger partial charge is 0.393 e. The molecule has 2 aromatic heterocycles. The van der Waals surface area contributed by atoms with E-state index in [1.807, 2.05) is 6.07 Å². The van der Waals surface area contributed by atoms with Gasteiger partial charge in [0.15, 0.2) is 23.2 Å². The van der Waals surface area contributed by atoms with Crippen LogP contribution in [0.4, 0.5) is 5.82 Å². The van der Waals surface area contributed by atoms with E-state index in [2.05, 4.69) is 20.3 Å². The molecule has 4 heterocycles. The molecular formula is C19H19N5O5. The van der Waals surface area contributed by atoms with Gasteiger partial charge in [0.25, 0.3) is 5.91 Å². The van der Waals surface area contributed by atoms with Gasteiger partial charge in [-0.05, 0) is 19.1 Å². The van der Waals surface area contributed by atoms with Gasteiger partial charge in [0, 0.05) is 5.56 Å². The van der Waals surface area contributed by atoms with E-state index >= 15 is 0 Å². The minimum atomic E-state index is -1.19. The number of fused-ring (bicyclic) bond motifs is 3. The first-order chi connectivity index (χ1) is 14.0. The van der Waals surface area contributed by atoms with Gasteiger partial charge in [0.2, 0.25) is 0 Å². The second kappa shape index (κ2) is 6.56. The Kier molecular flexibility index (Phi) is 4.10. The van der Waals surface area contributed by atoms with Crippen LogP contribution < -0.4 is 5.32 Å². The topological polar surface area (TPSA) is 132 Å². The number of aliphatic hydroxyl groups excluding tert-OH is 2. The Morgan fingerprint density at radius 3 is 2.79 bits per heavy atom. The van der Waals surface area contributed by atoms with Crippen LogP contribution in [0.25, 0.3) is 11.2 Å². The van der Waals surface area contributed by atoms with E-state index in [-0.39, 0.29) is 18.3 Å². The van der Waals surface area contributed by atoms with Crippen LogP contribution in [0, 0.1) is 0 Å². The fraction of sp³-hybridized carbons (Fsp3) is 0.368. The second-order valence-corrected chi connectivity index (χ2v) is 7.18. The molecule has 2 bridgehead atoms. The van der Waals surface area contributed by atoms with E-state index in [0.717, 1.165) is 0 Å². The zero-order chi connectivity index (χ0) is 20.2. The summed E-state index contributed by atoms with van der Waals surface area (Å²) in [6.45, 7) is 1.38. The van der Waals surface area contributed by atoms with E-state index in [9.17, 15) is 15.0 Å². The minimum Gasteiger partial charge on any atom is -0.393 e. The number of anilines is 1. The fourth-order valence-electron chi connectivity index (χ4n) is 4.00. The fourth-order valence-corrected chi connectivity index (χ4v) is 4.00. The molecule has 29 heavy (non-hydrogen) atoms. The predicted octanol–water partition coefficient (Wildman–Crippen LogP) is 0.487. The molecule has 0 spiro atoms. The first-order valence-corrected chi connectivity index (χ1v) is 9.21. The molecule has 150 valence electrons. The highest BCUT2D eigenvalue weighted by Crippen LogP contribution is 2.48. The number of nitrogens with zero attached hydrogens (tertiary/aromatic N) is 4. The van der Waals surface area contributed by atoms with Crippen LogP contribution in [0.2, 0.25) is 0 Å². The Labute approximate surface area is 165 Å². The highest BCUT2D eigenvalue weighted by Gasteiger charge is 2.65. The summed E-state index contributed by atoms with van der Waals surface area (Å²) >= 11 is 0. The number of amides is 1. The van der Waals surface area contributed by atoms with Crippen molar-refractivity contribution in [2.75, 3.05) is 11.9 Å². The van der Waals surface area contributed by atoms with Gasteiger partial charge in [-0.1, -0.05) is 18.2 Å². The lowest BCUT2D eigenvalue weighted by Gasteiger charge is -2.34. The average molecular weight is 397 g/mol. The van der Waals surface area contributed by atoms with E-state index < -0.39 is 30.1 Å². The number of hydrogen-bond acceptors (Lipinski definition) is 8. The number of carbonyl (C=O) groups is 1. The molecule has 5 atom stereocenters. The van der Waals surface area contributed by atoms with Gasteiger partial charge in [-0.25, -0.2) is 15.0 Å². The third kappa shape index (κ3) is 2.57. The summed E-state index contributed by atoms with van der Waals surface area (Å²) in [5.41, 5.74) is 0.0928. The average Bonchev–Trinajstić information content (AvgIpc) is 3.37. The molecule has 10 heteroatoms. The molecule has 2 fully saturated rings. The van der Waals surface area contributed by atoms with Crippen LogP contribution in [0.3, 0.4) is 0 Å². The maximum Gasteiger partial charge on any atom is 0.256 e. The third-order valence-corrected chi connectivity index (χ3v) is 5.63. The quantitative estimate of drug-likeness (QED) is 0.579. The number of rotatable bonds is 4. The Balaban J connectivity index is 1.48. The van der Waals surface area contributed by atoms with Crippen molar-refractivity contribution in [2.45, 2.75) is 37.1 Å². The lowest BCUT2D eigenvalue weighted by molar-refractivity contribution is -0.216. The monoisotopic (exact) mass is 397 g/mol. The van der Waals surface area contributed by atoms with Crippen LogP contribution in [0.1, 0.15) is 23.5 Å². The van der Waals surface area contributed by atoms with Gasteiger partial charge in [0.05, 0.1) is 19.0 Å². The molecular weight excluding hydrogens is 378 g/mol.